The van der Waals surface area contributed by atoms with Gasteiger partial charge in [0.25, 0.3) is 0 Å². The molecule has 1 N–H and O–H groups in total. The summed E-state index contributed by atoms with van der Waals surface area (Å²) < 4.78 is 32.0. The van der Waals surface area contributed by atoms with Gasteiger partial charge in [-0.15, -0.1) is 0 Å². The highest BCUT2D eigenvalue weighted by molar-refractivity contribution is 6.33. The molecule has 0 bridgehead atoms. The second-order valence-corrected chi connectivity index (χ2v) is 5.04. The van der Waals surface area contributed by atoms with Crippen LogP contribution in [-0.2, 0) is 6.61 Å². The van der Waals surface area contributed by atoms with Crippen LogP contribution in [0.5, 0.6) is 0 Å². The zero-order valence-electron chi connectivity index (χ0n) is 11.2. The lowest BCUT2D eigenvalue weighted by molar-refractivity contribution is 0.281. The molecule has 0 unspecified atom stereocenters. The fraction of sp³-hybridized carbons (Fsp3) is 0.0625. The Balaban J connectivity index is 2.18. The van der Waals surface area contributed by atoms with Gasteiger partial charge in [0.05, 0.1) is 17.2 Å². The van der Waals surface area contributed by atoms with Gasteiger partial charge in [-0.05, 0) is 24.3 Å². The van der Waals surface area contributed by atoms with E-state index in [0.29, 0.717) is 16.1 Å². The highest BCUT2D eigenvalue weighted by Crippen LogP contribution is 2.36. The van der Waals surface area contributed by atoms with Gasteiger partial charge in [-0.25, -0.2) is 8.78 Å². The highest BCUT2D eigenvalue weighted by Gasteiger charge is 2.20. The number of hydrogen-bond donors (Lipinski definition) is 1. The maximum Gasteiger partial charge on any atom is 0.174 e. The van der Waals surface area contributed by atoms with Crippen molar-refractivity contribution < 1.29 is 18.4 Å². The first kappa shape index (κ1) is 14.7. The fourth-order valence-corrected chi connectivity index (χ4v) is 2.45. The maximum atomic E-state index is 13.4. The molecule has 112 valence electrons. The van der Waals surface area contributed by atoms with Crippen LogP contribution in [0.15, 0.2) is 47.0 Å². The monoisotopic (exact) mass is 321 g/mol. The normalized spacial score (nSPS) is 10.9. The van der Waals surface area contributed by atoms with Crippen LogP contribution in [0.1, 0.15) is 5.56 Å². The van der Waals surface area contributed by atoms with E-state index < -0.39 is 18.2 Å². The highest BCUT2D eigenvalue weighted by atomic mass is 35.5. The zero-order chi connectivity index (χ0) is 15.7. The predicted octanol–water partition coefficient (Wildman–Crippen LogP) is 4.43. The summed E-state index contributed by atoms with van der Waals surface area (Å²) in [4.78, 5) is 0. The van der Waals surface area contributed by atoms with Crippen molar-refractivity contribution in [3.63, 3.8) is 0 Å². The van der Waals surface area contributed by atoms with Crippen LogP contribution in [0.25, 0.3) is 22.6 Å². The third kappa shape index (κ3) is 2.61. The number of benzene rings is 2. The van der Waals surface area contributed by atoms with Crippen molar-refractivity contribution in [3.8, 4) is 22.6 Å². The lowest BCUT2D eigenvalue weighted by Gasteiger charge is -2.03. The van der Waals surface area contributed by atoms with Crippen LogP contribution in [0.3, 0.4) is 0 Å². The van der Waals surface area contributed by atoms with Gasteiger partial charge in [-0.1, -0.05) is 28.9 Å². The Morgan fingerprint density at radius 2 is 1.77 bits per heavy atom. The summed E-state index contributed by atoms with van der Waals surface area (Å²) in [5, 5.41) is 13.9. The lowest BCUT2D eigenvalue weighted by atomic mass is 10.0. The first-order valence-electron chi connectivity index (χ1n) is 6.41. The summed E-state index contributed by atoms with van der Waals surface area (Å²) in [6.07, 6.45) is 0. The van der Waals surface area contributed by atoms with Gasteiger partial charge in [-0.3, -0.25) is 0 Å². The molecule has 0 atom stereocenters. The largest absolute Gasteiger partial charge is 0.391 e. The second-order valence-electron chi connectivity index (χ2n) is 4.63. The quantitative estimate of drug-likeness (QED) is 0.776. The van der Waals surface area contributed by atoms with E-state index in [4.69, 9.17) is 16.1 Å². The van der Waals surface area contributed by atoms with Crippen LogP contribution in [-0.4, -0.2) is 10.3 Å². The molecule has 3 nitrogen and oxygen atoms in total. The van der Waals surface area contributed by atoms with Gasteiger partial charge in [0.1, 0.15) is 17.3 Å². The third-order valence-electron chi connectivity index (χ3n) is 3.20. The van der Waals surface area contributed by atoms with Crippen molar-refractivity contribution in [1.29, 1.82) is 0 Å². The topological polar surface area (TPSA) is 46.3 Å². The molecule has 3 aromatic rings. The summed E-state index contributed by atoms with van der Waals surface area (Å²) in [6, 6.07) is 9.89. The Morgan fingerprint density at radius 1 is 1.09 bits per heavy atom. The van der Waals surface area contributed by atoms with Gasteiger partial charge in [0.15, 0.2) is 5.76 Å². The number of hydrogen-bond acceptors (Lipinski definition) is 3. The minimum atomic E-state index is -0.735. The van der Waals surface area contributed by atoms with E-state index in [1.54, 1.807) is 24.3 Å². The molecule has 0 aliphatic carbocycles. The van der Waals surface area contributed by atoms with E-state index in [9.17, 15) is 13.9 Å². The molecule has 0 spiro atoms. The number of aliphatic hydroxyl groups excluding tert-OH is 1. The molecule has 0 saturated heterocycles. The molecule has 22 heavy (non-hydrogen) atoms. The molecule has 0 aliphatic heterocycles. The molecular weight excluding hydrogens is 312 g/mol. The van der Waals surface area contributed by atoms with Gasteiger partial charge in [-0.2, -0.15) is 0 Å². The van der Waals surface area contributed by atoms with Gasteiger partial charge in [0, 0.05) is 17.2 Å². The van der Waals surface area contributed by atoms with E-state index in [2.05, 4.69) is 5.16 Å². The maximum absolute atomic E-state index is 13.4. The number of halogens is 3. The molecule has 0 radical (unpaired) electrons. The van der Waals surface area contributed by atoms with Crippen LogP contribution in [0, 0.1) is 11.6 Å². The zero-order valence-corrected chi connectivity index (χ0v) is 11.9. The van der Waals surface area contributed by atoms with E-state index in [1.807, 2.05) is 0 Å². The molecule has 6 heteroatoms. The molecule has 0 aliphatic rings. The fourth-order valence-electron chi connectivity index (χ4n) is 2.23. The summed E-state index contributed by atoms with van der Waals surface area (Å²) in [5.74, 6) is -1.20. The van der Waals surface area contributed by atoms with Gasteiger partial charge in [0.2, 0.25) is 0 Å². The average Bonchev–Trinajstić information content (AvgIpc) is 2.90. The lowest BCUT2D eigenvalue weighted by Crippen LogP contribution is -1.91. The van der Waals surface area contributed by atoms with Gasteiger partial charge >= 0.3 is 0 Å². The summed E-state index contributed by atoms with van der Waals surface area (Å²) in [6.45, 7) is -0.405. The minimum absolute atomic E-state index is 0.177. The molecule has 0 fully saturated rings. The SMILES string of the molecule is OCc1c(-c2cc(F)cc(F)c2)noc1-c1ccccc1Cl. The molecule has 1 aromatic heterocycles. The van der Waals surface area contributed by atoms with E-state index >= 15 is 0 Å². The molecule has 2 aromatic carbocycles. The summed E-state index contributed by atoms with van der Waals surface area (Å²) >= 11 is 6.10. The molecular formula is C16H10ClF2NO2. The average molecular weight is 322 g/mol. The second kappa shape index (κ2) is 5.87. The Morgan fingerprint density at radius 3 is 2.41 bits per heavy atom. The number of aliphatic hydroxyl groups is 1. The van der Waals surface area contributed by atoms with Crippen LogP contribution in [0.4, 0.5) is 8.78 Å². The number of nitrogens with zero attached hydrogens (tertiary/aromatic N) is 1. The van der Waals surface area contributed by atoms with Crippen molar-refractivity contribution in [1.82, 2.24) is 5.16 Å². The first-order valence-corrected chi connectivity index (χ1v) is 6.78. The first-order chi connectivity index (χ1) is 10.6. The standard InChI is InChI=1S/C16H10ClF2NO2/c17-14-4-2-1-3-12(14)16-13(8-21)15(20-22-16)9-5-10(18)7-11(19)6-9/h1-7,21H,8H2. The summed E-state index contributed by atoms with van der Waals surface area (Å²) in [5.41, 5.74) is 1.22. The van der Waals surface area contributed by atoms with Crippen molar-refractivity contribution in [2.24, 2.45) is 0 Å². The number of rotatable bonds is 3. The van der Waals surface area contributed by atoms with Gasteiger partial charge < -0.3 is 9.63 Å². The summed E-state index contributed by atoms with van der Waals surface area (Å²) in [7, 11) is 0. The third-order valence-corrected chi connectivity index (χ3v) is 3.53. The Kier molecular flexibility index (Phi) is 3.92. The van der Waals surface area contributed by atoms with Crippen LogP contribution < -0.4 is 0 Å². The van der Waals surface area contributed by atoms with Crippen LogP contribution in [0.2, 0.25) is 5.02 Å². The Bertz CT molecular complexity index is 813. The van der Waals surface area contributed by atoms with Crippen molar-refractivity contribution in [3.05, 3.63) is 64.7 Å². The Hall–Kier alpha value is -2.24. The molecule has 3 rings (SSSR count). The van der Waals surface area contributed by atoms with E-state index in [-0.39, 0.29) is 17.0 Å². The molecule has 0 saturated carbocycles. The predicted molar refractivity (Wildman–Crippen MR) is 78.2 cm³/mol. The number of aromatic nitrogens is 1. The molecule has 1 heterocycles. The van der Waals surface area contributed by atoms with Crippen molar-refractivity contribution >= 4 is 11.6 Å². The smallest absolute Gasteiger partial charge is 0.174 e. The van der Waals surface area contributed by atoms with Crippen LogP contribution >= 0.6 is 11.6 Å². The van der Waals surface area contributed by atoms with E-state index in [0.717, 1.165) is 18.2 Å². The van der Waals surface area contributed by atoms with Crippen molar-refractivity contribution in [2.75, 3.05) is 0 Å². The molecule has 0 amide bonds. The van der Waals surface area contributed by atoms with Crippen molar-refractivity contribution in [2.45, 2.75) is 6.61 Å². The minimum Gasteiger partial charge on any atom is -0.391 e. The Labute approximate surface area is 129 Å². The van der Waals surface area contributed by atoms with E-state index in [1.165, 1.54) is 0 Å².